The zero-order chi connectivity index (χ0) is 29.6. The van der Waals surface area contributed by atoms with E-state index in [1.807, 2.05) is 6.07 Å². The van der Waals surface area contributed by atoms with Gasteiger partial charge in [-0.3, -0.25) is 0 Å². The Labute approximate surface area is 259 Å². The van der Waals surface area contributed by atoms with Crippen molar-refractivity contribution in [2.45, 2.75) is 0 Å². The van der Waals surface area contributed by atoms with Crippen molar-refractivity contribution in [3.8, 4) is 33.4 Å². The SMILES string of the molecule is c1ccc(-c2cccc(Nc3ccc(N(c4cccc(-c5ccccc5)c4)c4cccc(-c5ccccc5)c4)cc3)c2)cc1. The molecule has 0 aromatic heterocycles. The third-order valence-electron chi connectivity index (χ3n) is 7.81. The maximum absolute atomic E-state index is 3.60. The molecule has 0 saturated heterocycles. The highest BCUT2D eigenvalue weighted by Crippen LogP contribution is 2.39. The van der Waals surface area contributed by atoms with Crippen molar-refractivity contribution >= 4 is 28.4 Å². The number of hydrogen-bond donors (Lipinski definition) is 1. The molecular weight excluding hydrogens is 532 g/mol. The summed E-state index contributed by atoms with van der Waals surface area (Å²) < 4.78 is 0. The van der Waals surface area contributed by atoms with Crippen molar-refractivity contribution in [3.05, 3.63) is 188 Å². The van der Waals surface area contributed by atoms with Crippen LogP contribution in [0.2, 0.25) is 0 Å². The van der Waals surface area contributed by atoms with E-state index in [0.29, 0.717) is 0 Å². The third-order valence-corrected chi connectivity index (χ3v) is 7.81. The van der Waals surface area contributed by atoms with Crippen LogP contribution in [0.3, 0.4) is 0 Å². The molecule has 0 aliphatic carbocycles. The van der Waals surface area contributed by atoms with E-state index in [1.165, 1.54) is 33.4 Å². The Kier molecular flexibility index (Phi) is 7.71. The average molecular weight is 565 g/mol. The van der Waals surface area contributed by atoms with E-state index in [2.05, 4.69) is 192 Å². The highest BCUT2D eigenvalue weighted by atomic mass is 15.1. The molecule has 0 aliphatic heterocycles. The van der Waals surface area contributed by atoms with Crippen LogP contribution in [-0.2, 0) is 0 Å². The normalized spacial score (nSPS) is 10.7. The molecule has 0 heterocycles. The smallest absolute Gasteiger partial charge is 0.0467 e. The van der Waals surface area contributed by atoms with Gasteiger partial charge in [0, 0.05) is 28.4 Å². The lowest BCUT2D eigenvalue weighted by Crippen LogP contribution is -2.10. The molecule has 210 valence electrons. The third kappa shape index (κ3) is 6.01. The molecule has 2 heteroatoms. The topological polar surface area (TPSA) is 15.3 Å². The molecule has 0 amide bonds. The first-order chi connectivity index (χ1) is 21.8. The Morgan fingerprint density at radius 1 is 0.273 bits per heavy atom. The fourth-order valence-electron chi connectivity index (χ4n) is 5.63. The van der Waals surface area contributed by atoms with Gasteiger partial charge in [0.05, 0.1) is 0 Å². The molecule has 0 unspecified atom stereocenters. The van der Waals surface area contributed by atoms with Gasteiger partial charge in [0.2, 0.25) is 0 Å². The van der Waals surface area contributed by atoms with Gasteiger partial charge in [0.25, 0.3) is 0 Å². The molecule has 7 aromatic rings. The zero-order valence-corrected chi connectivity index (χ0v) is 24.3. The van der Waals surface area contributed by atoms with Crippen LogP contribution in [0, 0.1) is 0 Å². The van der Waals surface area contributed by atoms with Crippen LogP contribution in [0.15, 0.2) is 188 Å². The molecular formula is C42H32N2. The molecule has 0 bridgehead atoms. The standard InChI is InChI=1S/C42H32N2/c1-4-13-32(14-5-1)35-19-10-22-39(29-35)43-38-25-27-40(28-26-38)44(41-23-11-20-36(30-41)33-15-6-2-7-16-33)42-24-12-21-37(31-42)34-17-8-3-9-18-34/h1-31,43H. The van der Waals surface area contributed by atoms with Gasteiger partial charge >= 0.3 is 0 Å². The van der Waals surface area contributed by atoms with Crippen molar-refractivity contribution in [2.75, 3.05) is 10.2 Å². The minimum absolute atomic E-state index is 1.04. The number of rotatable bonds is 8. The van der Waals surface area contributed by atoms with E-state index in [0.717, 1.165) is 28.4 Å². The second-order valence-corrected chi connectivity index (χ2v) is 10.8. The van der Waals surface area contributed by atoms with E-state index < -0.39 is 0 Å². The summed E-state index contributed by atoms with van der Waals surface area (Å²) in [5.41, 5.74) is 12.6. The Morgan fingerprint density at radius 3 is 1.16 bits per heavy atom. The molecule has 2 nitrogen and oxygen atoms in total. The summed E-state index contributed by atoms with van der Waals surface area (Å²) in [5.74, 6) is 0. The van der Waals surface area contributed by atoms with E-state index in [4.69, 9.17) is 0 Å². The van der Waals surface area contributed by atoms with Crippen LogP contribution in [0.1, 0.15) is 0 Å². The van der Waals surface area contributed by atoms with Gasteiger partial charge in [-0.1, -0.05) is 127 Å². The van der Waals surface area contributed by atoms with E-state index in [9.17, 15) is 0 Å². The summed E-state index contributed by atoms with van der Waals surface area (Å²) in [6.45, 7) is 0. The summed E-state index contributed by atoms with van der Waals surface area (Å²) in [5, 5.41) is 3.60. The highest BCUT2D eigenvalue weighted by molar-refractivity contribution is 5.83. The second kappa shape index (κ2) is 12.6. The number of hydrogen-bond acceptors (Lipinski definition) is 2. The molecule has 7 rings (SSSR count). The number of nitrogens with one attached hydrogen (secondary N) is 1. The number of nitrogens with zero attached hydrogens (tertiary/aromatic N) is 1. The van der Waals surface area contributed by atoms with Crippen molar-refractivity contribution in [1.82, 2.24) is 0 Å². The Balaban J connectivity index is 1.24. The van der Waals surface area contributed by atoms with Crippen LogP contribution >= 0.6 is 0 Å². The Morgan fingerprint density at radius 2 is 0.682 bits per heavy atom. The van der Waals surface area contributed by atoms with Crippen LogP contribution in [-0.4, -0.2) is 0 Å². The minimum Gasteiger partial charge on any atom is -0.356 e. The van der Waals surface area contributed by atoms with E-state index in [1.54, 1.807) is 0 Å². The van der Waals surface area contributed by atoms with Crippen molar-refractivity contribution in [2.24, 2.45) is 0 Å². The molecule has 1 N–H and O–H groups in total. The van der Waals surface area contributed by atoms with Crippen LogP contribution in [0.25, 0.3) is 33.4 Å². The zero-order valence-electron chi connectivity index (χ0n) is 24.3. The highest BCUT2D eigenvalue weighted by Gasteiger charge is 2.15. The van der Waals surface area contributed by atoms with Gasteiger partial charge in [-0.05, 0) is 94.0 Å². The predicted octanol–water partition coefficient (Wildman–Crippen LogP) is 11.9. The maximum atomic E-state index is 3.60. The van der Waals surface area contributed by atoms with E-state index >= 15 is 0 Å². The molecule has 0 saturated carbocycles. The fourth-order valence-corrected chi connectivity index (χ4v) is 5.63. The van der Waals surface area contributed by atoms with Crippen molar-refractivity contribution in [3.63, 3.8) is 0 Å². The maximum Gasteiger partial charge on any atom is 0.0467 e. The fraction of sp³-hybridized carbons (Fsp3) is 0. The second-order valence-electron chi connectivity index (χ2n) is 10.8. The Bertz CT molecular complexity index is 1880. The van der Waals surface area contributed by atoms with Crippen molar-refractivity contribution in [1.29, 1.82) is 0 Å². The summed E-state index contributed by atoms with van der Waals surface area (Å²) in [4.78, 5) is 2.33. The molecule has 0 atom stereocenters. The molecule has 44 heavy (non-hydrogen) atoms. The first-order valence-corrected chi connectivity index (χ1v) is 14.9. The predicted molar refractivity (Wildman–Crippen MR) is 187 cm³/mol. The summed E-state index contributed by atoms with van der Waals surface area (Å²) in [6, 6.07) is 66.3. The van der Waals surface area contributed by atoms with Crippen LogP contribution in [0.4, 0.5) is 28.4 Å². The molecule has 0 aliphatic rings. The van der Waals surface area contributed by atoms with Crippen LogP contribution < -0.4 is 10.2 Å². The lowest BCUT2D eigenvalue weighted by atomic mass is 10.0. The average Bonchev–Trinajstić information content (AvgIpc) is 3.11. The van der Waals surface area contributed by atoms with Gasteiger partial charge in [0.1, 0.15) is 0 Å². The minimum atomic E-state index is 1.04. The Hall–Kier alpha value is -5.86. The van der Waals surface area contributed by atoms with Gasteiger partial charge in [-0.25, -0.2) is 0 Å². The lowest BCUT2D eigenvalue weighted by Gasteiger charge is -2.27. The summed E-state index contributed by atoms with van der Waals surface area (Å²) in [7, 11) is 0. The first kappa shape index (κ1) is 27.0. The van der Waals surface area contributed by atoms with Crippen molar-refractivity contribution < 1.29 is 0 Å². The largest absolute Gasteiger partial charge is 0.356 e. The van der Waals surface area contributed by atoms with Gasteiger partial charge in [0.15, 0.2) is 0 Å². The number of benzene rings is 7. The van der Waals surface area contributed by atoms with E-state index in [-0.39, 0.29) is 0 Å². The van der Waals surface area contributed by atoms with Gasteiger partial charge < -0.3 is 10.2 Å². The molecule has 0 radical (unpaired) electrons. The molecule has 0 fully saturated rings. The molecule has 7 aromatic carbocycles. The lowest BCUT2D eigenvalue weighted by molar-refractivity contribution is 1.28. The van der Waals surface area contributed by atoms with Crippen LogP contribution in [0.5, 0.6) is 0 Å². The van der Waals surface area contributed by atoms with Gasteiger partial charge in [-0.15, -0.1) is 0 Å². The summed E-state index contributed by atoms with van der Waals surface area (Å²) in [6.07, 6.45) is 0. The number of anilines is 5. The summed E-state index contributed by atoms with van der Waals surface area (Å²) >= 11 is 0. The first-order valence-electron chi connectivity index (χ1n) is 14.9. The van der Waals surface area contributed by atoms with Gasteiger partial charge in [-0.2, -0.15) is 0 Å². The monoisotopic (exact) mass is 564 g/mol. The quantitative estimate of drug-likeness (QED) is 0.197. The molecule has 0 spiro atoms.